The fraction of sp³-hybridized carbons (Fsp3) is 0.450. The molecule has 1 aromatic carbocycles. The molecule has 1 aromatic heterocycles. The number of aromatic nitrogens is 2. The summed E-state index contributed by atoms with van der Waals surface area (Å²) in [5.74, 6) is -0.155. The van der Waals surface area contributed by atoms with Crippen LogP contribution in [0.5, 0.6) is 5.75 Å². The number of hydrogen-bond donors (Lipinski definition) is 2. The van der Waals surface area contributed by atoms with E-state index in [1.54, 1.807) is 0 Å². The van der Waals surface area contributed by atoms with Crippen LogP contribution in [0.3, 0.4) is 0 Å². The van der Waals surface area contributed by atoms with Gasteiger partial charge in [0.25, 0.3) is 5.91 Å². The number of aliphatic hydroxyl groups excluding tert-OH is 1. The second kappa shape index (κ2) is 10.8. The van der Waals surface area contributed by atoms with Crippen LogP contribution in [0, 0.1) is 5.82 Å². The van der Waals surface area contributed by atoms with E-state index in [4.69, 9.17) is 14.6 Å². The van der Waals surface area contributed by atoms with Crippen molar-refractivity contribution in [3.8, 4) is 5.75 Å². The fourth-order valence-electron chi connectivity index (χ4n) is 2.80. The van der Waals surface area contributed by atoms with Crippen molar-refractivity contribution in [3.63, 3.8) is 0 Å². The highest BCUT2D eigenvalue weighted by molar-refractivity contribution is 5.94. The van der Waals surface area contributed by atoms with E-state index in [0.29, 0.717) is 11.5 Å². The minimum absolute atomic E-state index is 0.0139. The Bertz CT molecular complexity index is 803. The minimum atomic E-state index is -1.35. The van der Waals surface area contributed by atoms with Crippen LogP contribution in [0.1, 0.15) is 44.2 Å². The first-order chi connectivity index (χ1) is 13.8. The Hall–Kier alpha value is -2.65. The van der Waals surface area contributed by atoms with Gasteiger partial charge < -0.3 is 19.9 Å². The number of alkyl halides is 1. The fourth-order valence-corrected chi connectivity index (χ4v) is 2.80. The Morgan fingerprint density at radius 3 is 2.55 bits per heavy atom. The van der Waals surface area contributed by atoms with E-state index in [9.17, 15) is 13.6 Å². The van der Waals surface area contributed by atoms with E-state index >= 15 is 0 Å². The molecule has 7 nitrogen and oxygen atoms in total. The molecule has 9 heteroatoms. The summed E-state index contributed by atoms with van der Waals surface area (Å²) in [5, 5.41) is 11.5. The lowest BCUT2D eigenvalue weighted by Gasteiger charge is -2.11. The topological polar surface area (TPSA) is 93.6 Å². The van der Waals surface area contributed by atoms with Gasteiger partial charge >= 0.3 is 0 Å². The molecule has 1 unspecified atom stereocenters. The lowest BCUT2D eigenvalue weighted by molar-refractivity contribution is -0.126. The molecule has 0 spiro atoms. The van der Waals surface area contributed by atoms with Crippen molar-refractivity contribution >= 4 is 11.6 Å². The number of ether oxygens (including phenoxy) is 2. The highest BCUT2D eigenvalue weighted by Crippen LogP contribution is 2.29. The van der Waals surface area contributed by atoms with Crippen molar-refractivity contribution in [2.45, 2.75) is 51.7 Å². The van der Waals surface area contributed by atoms with Crippen LogP contribution in [0.15, 0.2) is 30.6 Å². The molecule has 3 atom stereocenters. The molecular formula is C20H25F2N3O4. The number of aliphatic hydroxyl groups is 1. The predicted octanol–water partition coefficient (Wildman–Crippen LogP) is 3.34. The van der Waals surface area contributed by atoms with E-state index in [1.807, 2.05) is 6.92 Å². The second-order valence-corrected chi connectivity index (χ2v) is 6.52. The van der Waals surface area contributed by atoms with Crippen molar-refractivity contribution in [2.24, 2.45) is 0 Å². The van der Waals surface area contributed by atoms with Crippen molar-refractivity contribution < 1.29 is 28.2 Å². The van der Waals surface area contributed by atoms with Gasteiger partial charge in [-0.2, -0.15) is 0 Å². The number of nitrogens with zero attached hydrogens (tertiary/aromatic N) is 2. The molecule has 1 saturated heterocycles. The maximum atomic E-state index is 13.0. The summed E-state index contributed by atoms with van der Waals surface area (Å²) in [7, 11) is 1.39. The third-order valence-corrected chi connectivity index (χ3v) is 4.27. The largest absolute Gasteiger partial charge is 0.496 e. The van der Waals surface area contributed by atoms with Gasteiger partial charge in [-0.3, -0.25) is 4.79 Å². The van der Waals surface area contributed by atoms with Crippen LogP contribution < -0.4 is 10.1 Å². The van der Waals surface area contributed by atoms with Crippen LogP contribution >= 0.6 is 0 Å². The predicted molar refractivity (Wildman–Crippen MR) is 103 cm³/mol. The Morgan fingerprint density at radius 2 is 2.07 bits per heavy atom. The molecule has 2 heterocycles. The number of carbonyl (C=O) groups excluding carboxylic acids is 1. The van der Waals surface area contributed by atoms with Gasteiger partial charge in [0.15, 0.2) is 5.82 Å². The first kappa shape index (κ1) is 22.6. The van der Waals surface area contributed by atoms with Crippen LogP contribution in [0.25, 0.3) is 0 Å². The quantitative estimate of drug-likeness (QED) is 0.787. The molecular weight excluding hydrogens is 384 g/mol. The van der Waals surface area contributed by atoms with E-state index in [-0.39, 0.29) is 36.0 Å². The second-order valence-electron chi connectivity index (χ2n) is 6.52. The maximum Gasteiger partial charge on any atom is 0.253 e. The van der Waals surface area contributed by atoms with E-state index < -0.39 is 12.0 Å². The molecule has 1 amide bonds. The van der Waals surface area contributed by atoms with E-state index in [1.165, 1.54) is 44.6 Å². The van der Waals surface area contributed by atoms with Gasteiger partial charge in [-0.25, -0.2) is 18.7 Å². The third kappa shape index (κ3) is 6.43. The summed E-state index contributed by atoms with van der Waals surface area (Å²) in [6.45, 7) is 3.02. The lowest BCUT2D eigenvalue weighted by atomic mass is 10.1. The molecule has 0 aliphatic carbocycles. The molecule has 2 N–H and O–H groups in total. The summed E-state index contributed by atoms with van der Waals surface area (Å²) in [5.41, 5.74) is 0.496. The molecule has 2 aromatic rings. The lowest BCUT2D eigenvalue weighted by Crippen LogP contribution is -2.27. The van der Waals surface area contributed by atoms with E-state index in [2.05, 4.69) is 15.3 Å². The normalized spacial score (nSPS) is 19.1. The van der Waals surface area contributed by atoms with Crippen LogP contribution in [0.2, 0.25) is 0 Å². The van der Waals surface area contributed by atoms with Gasteiger partial charge in [0.05, 0.1) is 36.9 Å². The average molecular weight is 409 g/mol. The smallest absolute Gasteiger partial charge is 0.253 e. The number of nitrogens with one attached hydrogen (secondary N) is 1. The zero-order valence-electron chi connectivity index (χ0n) is 16.6. The summed E-state index contributed by atoms with van der Waals surface area (Å²) in [6, 6.07) is 4.24. The molecule has 1 aliphatic rings. The monoisotopic (exact) mass is 409 g/mol. The summed E-state index contributed by atoms with van der Waals surface area (Å²) in [4.78, 5) is 19.5. The molecule has 0 saturated carbocycles. The number of anilines is 1. The number of benzene rings is 1. The SMILES string of the molecule is COc1cccc(F)c1C(C)F.C[C@@H]1CC[C@H](C(=O)Nc2cnc(CO)nc2)O1. The average Bonchev–Trinajstić information content (AvgIpc) is 3.15. The Balaban J connectivity index is 0.000000221. The number of hydrogen-bond acceptors (Lipinski definition) is 6. The van der Waals surface area contributed by atoms with Crippen LogP contribution in [-0.4, -0.2) is 40.3 Å². The Kier molecular flexibility index (Phi) is 8.41. The Morgan fingerprint density at radius 1 is 1.38 bits per heavy atom. The maximum absolute atomic E-state index is 13.0. The summed E-state index contributed by atoms with van der Waals surface area (Å²) < 4.78 is 36.0. The number of halogens is 2. The number of methoxy groups -OCH3 is 1. The minimum Gasteiger partial charge on any atom is -0.496 e. The summed E-state index contributed by atoms with van der Waals surface area (Å²) in [6.07, 6.45) is 2.98. The number of amides is 1. The van der Waals surface area contributed by atoms with Gasteiger partial charge in [-0.15, -0.1) is 0 Å². The number of carbonyl (C=O) groups is 1. The van der Waals surface area contributed by atoms with Crippen LogP contribution in [-0.2, 0) is 16.1 Å². The van der Waals surface area contributed by atoms with Crippen molar-refractivity contribution in [3.05, 3.63) is 47.8 Å². The van der Waals surface area contributed by atoms with E-state index in [0.717, 1.165) is 12.8 Å². The third-order valence-electron chi connectivity index (χ3n) is 4.27. The highest BCUT2D eigenvalue weighted by Gasteiger charge is 2.28. The van der Waals surface area contributed by atoms with Gasteiger partial charge in [0, 0.05) is 0 Å². The van der Waals surface area contributed by atoms with Gasteiger partial charge in [-0.05, 0) is 38.8 Å². The molecule has 0 bridgehead atoms. The van der Waals surface area contributed by atoms with Gasteiger partial charge in [-0.1, -0.05) is 6.07 Å². The first-order valence-electron chi connectivity index (χ1n) is 9.20. The van der Waals surface area contributed by atoms with Gasteiger partial charge in [0.2, 0.25) is 0 Å². The van der Waals surface area contributed by atoms with Crippen molar-refractivity contribution in [2.75, 3.05) is 12.4 Å². The number of rotatable bonds is 5. The zero-order chi connectivity index (χ0) is 21.4. The molecule has 3 rings (SSSR count). The van der Waals surface area contributed by atoms with Crippen LogP contribution in [0.4, 0.5) is 14.5 Å². The molecule has 29 heavy (non-hydrogen) atoms. The van der Waals surface area contributed by atoms with Crippen molar-refractivity contribution in [1.82, 2.24) is 9.97 Å². The van der Waals surface area contributed by atoms with Crippen molar-refractivity contribution in [1.29, 1.82) is 0 Å². The van der Waals surface area contributed by atoms with Gasteiger partial charge in [0.1, 0.15) is 30.4 Å². The summed E-state index contributed by atoms with van der Waals surface area (Å²) >= 11 is 0. The molecule has 1 fully saturated rings. The molecule has 158 valence electrons. The molecule has 0 radical (unpaired) electrons. The Labute approximate surface area is 168 Å². The zero-order valence-corrected chi connectivity index (χ0v) is 16.6. The first-order valence-corrected chi connectivity index (χ1v) is 9.20. The highest BCUT2D eigenvalue weighted by atomic mass is 19.1. The molecule has 1 aliphatic heterocycles. The standard InChI is InChI=1S/C11H15N3O3.C9H10F2O/c1-7-2-3-9(17-7)11(16)14-8-4-12-10(6-15)13-5-8;1-6(10)9-7(11)4-3-5-8(9)12-2/h4-5,7,9,15H,2-3,6H2,1H3,(H,14,16);3-6H,1-2H3/t7-,9-;/m1./s1.